The van der Waals surface area contributed by atoms with Crippen molar-refractivity contribution in [2.45, 2.75) is 34.4 Å². The third-order valence-corrected chi connectivity index (χ3v) is 7.71. The first-order chi connectivity index (χ1) is 13.4. The van der Waals surface area contributed by atoms with E-state index in [-0.39, 0.29) is 10.8 Å². The van der Waals surface area contributed by atoms with Gasteiger partial charge in [-0.15, -0.1) is 0 Å². The smallest absolute Gasteiger partial charge is 0.244 e. The van der Waals surface area contributed by atoms with Gasteiger partial charge in [-0.1, -0.05) is 42.1 Å². The fraction of sp³-hybridized carbons (Fsp3) is 0.400. The largest absolute Gasteiger partial charge is 0.341 e. The number of carbonyl (C=O) groups excluding carboxylic acids is 1. The van der Waals surface area contributed by atoms with Crippen LogP contribution in [-0.4, -0.2) is 55.7 Å². The van der Waals surface area contributed by atoms with E-state index in [1.54, 1.807) is 6.07 Å². The Morgan fingerprint density at radius 3 is 2.32 bits per heavy atom. The highest BCUT2D eigenvalue weighted by Crippen LogP contribution is 2.36. The number of thioether (sulfide) groups is 1. The third-order valence-electron chi connectivity index (χ3n) is 4.72. The van der Waals surface area contributed by atoms with E-state index in [9.17, 15) is 13.2 Å². The number of amides is 1. The van der Waals surface area contributed by atoms with Crippen LogP contribution in [0.5, 0.6) is 0 Å². The Bertz CT molecular complexity index is 894. The molecule has 0 radical (unpaired) electrons. The highest BCUT2D eigenvalue weighted by Gasteiger charge is 2.28. The quantitative estimate of drug-likeness (QED) is 0.673. The van der Waals surface area contributed by atoms with Gasteiger partial charge in [0.1, 0.15) is 10.1 Å². The number of hydrogen-bond donors (Lipinski definition) is 0. The van der Waals surface area contributed by atoms with Crippen molar-refractivity contribution in [3.63, 3.8) is 0 Å². The van der Waals surface area contributed by atoms with Gasteiger partial charge < -0.3 is 4.90 Å². The van der Waals surface area contributed by atoms with E-state index < -0.39 is 15.3 Å². The van der Waals surface area contributed by atoms with Crippen molar-refractivity contribution >= 4 is 27.7 Å². The minimum Gasteiger partial charge on any atom is -0.341 e. The molecule has 1 saturated heterocycles. The number of rotatable bonds is 6. The van der Waals surface area contributed by atoms with Crippen LogP contribution in [0, 0.1) is 0 Å². The van der Waals surface area contributed by atoms with Crippen LogP contribution < -0.4 is 0 Å². The summed E-state index contributed by atoms with van der Waals surface area (Å²) in [5.41, 5.74) is 0.926. The normalized spacial score (nSPS) is 16.2. The summed E-state index contributed by atoms with van der Waals surface area (Å²) in [5, 5.41) is 0.222. The second kappa shape index (κ2) is 9.07. The zero-order valence-electron chi connectivity index (χ0n) is 16.1. The molecule has 1 fully saturated rings. The van der Waals surface area contributed by atoms with E-state index in [2.05, 4.69) is 4.98 Å². The summed E-state index contributed by atoms with van der Waals surface area (Å²) in [7, 11) is -0.548. The van der Waals surface area contributed by atoms with Crippen molar-refractivity contribution in [3.8, 4) is 0 Å². The molecule has 0 aliphatic carbocycles. The van der Waals surface area contributed by atoms with E-state index in [0.29, 0.717) is 5.03 Å². The van der Waals surface area contributed by atoms with E-state index >= 15 is 0 Å². The molecule has 2 aromatic rings. The standard InChI is InChI=1S/C20H25N3O3S2/c1-22(2)28(25,26)17-11-12-18(21-15-17)27-19(16-9-5-3-6-10-16)20(24)23-13-7-4-8-14-23/h3,5-6,9-12,15,19H,4,7-8,13-14H2,1-2H3. The molecule has 0 saturated carbocycles. The maximum atomic E-state index is 13.2. The summed E-state index contributed by atoms with van der Waals surface area (Å²) in [4.78, 5) is 19.6. The van der Waals surface area contributed by atoms with Crippen LogP contribution >= 0.6 is 11.8 Å². The van der Waals surface area contributed by atoms with Crippen molar-refractivity contribution in [2.75, 3.05) is 27.2 Å². The molecule has 8 heteroatoms. The lowest BCUT2D eigenvalue weighted by molar-refractivity contribution is -0.131. The van der Waals surface area contributed by atoms with Crippen molar-refractivity contribution in [3.05, 3.63) is 54.2 Å². The summed E-state index contributed by atoms with van der Waals surface area (Å²) in [6.45, 7) is 1.58. The van der Waals surface area contributed by atoms with Crippen LogP contribution in [0.1, 0.15) is 30.1 Å². The molecular weight excluding hydrogens is 394 g/mol. The summed E-state index contributed by atoms with van der Waals surface area (Å²) < 4.78 is 25.6. The van der Waals surface area contributed by atoms with Crippen LogP contribution in [-0.2, 0) is 14.8 Å². The first-order valence-corrected chi connectivity index (χ1v) is 11.6. The average molecular weight is 420 g/mol. The van der Waals surface area contributed by atoms with E-state index in [1.807, 2.05) is 35.2 Å². The summed E-state index contributed by atoms with van der Waals surface area (Å²) in [5.74, 6) is 0.0858. The van der Waals surface area contributed by atoms with E-state index in [1.165, 1.54) is 38.1 Å². The Labute approximate surface area is 171 Å². The van der Waals surface area contributed by atoms with Gasteiger partial charge in [0, 0.05) is 33.4 Å². The summed E-state index contributed by atoms with van der Waals surface area (Å²) >= 11 is 1.36. The molecule has 1 aliphatic rings. The Morgan fingerprint density at radius 2 is 1.75 bits per heavy atom. The fourth-order valence-electron chi connectivity index (χ4n) is 3.09. The molecule has 1 aromatic carbocycles. The number of pyridine rings is 1. The van der Waals surface area contributed by atoms with Gasteiger partial charge in [-0.3, -0.25) is 4.79 Å². The maximum absolute atomic E-state index is 13.2. The molecular formula is C20H25N3O3S2. The first-order valence-electron chi connectivity index (χ1n) is 9.28. The molecule has 0 bridgehead atoms. The lowest BCUT2D eigenvalue weighted by Crippen LogP contribution is -2.38. The van der Waals surface area contributed by atoms with Crippen molar-refractivity contribution in [1.82, 2.24) is 14.2 Å². The SMILES string of the molecule is CN(C)S(=O)(=O)c1ccc(SC(C(=O)N2CCCCC2)c2ccccc2)nc1. The number of piperidine rings is 1. The maximum Gasteiger partial charge on any atom is 0.244 e. The van der Waals surface area contributed by atoms with Gasteiger partial charge in [0.2, 0.25) is 15.9 Å². The predicted octanol–water partition coefficient (Wildman–Crippen LogP) is 3.18. The minimum atomic E-state index is -3.52. The highest BCUT2D eigenvalue weighted by molar-refractivity contribution is 8.00. The van der Waals surface area contributed by atoms with Crippen molar-refractivity contribution < 1.29 is 13.2 Å². The minimum absolute atomic E-state index is 0.0858. The number of carbonyl (C=O) groups is 1. The molecule has 2 heterocycles. The molecule has 0 spiro atoms. The second-order valence-electron chi connectivity index (χ2n) is 6.91. The van der Waals surface area contributed by atoms with Gasteiger partial charge in [-0.25, -0.2) is 17.7 Å². The van der Waals surface area contributed by atoms with Gasteiger partial charge in [-0.05, 0) is 37.0 Å². The predicted molar refractivity (Wildman–Crippen MR) is 111 cm³/mol. The Balaban J connectivity index is 1.84. The lowest BCUT2D eigenvalue weighted by Gasteiger charge is -2.30. The molecule has 1 amide bonds. The number of sulfonamides is 1. The van der Waals surface area contributed by atoms with Crippen LogP contribution in [0.4, 0.5) is 0 Å². The molecule has 0 N–H and O–H groups in total. The summed E-state index contributed by atoms with van der Waals surface area (Å²) in [6, 6.07) is 12.9. The van der Waals surface area contributed by atoms with Gasteiger partial charge in [0.25, 0.3) is 0 Å². The fourth-order valence-corrected chi connectivity index (χ4v) is 4.98. The molecule has 3 rings (SSSR count). The lowest BCUT2D eigenvalue weighted by atomic mass is 10.1. The van der Waals surface area contributed by atoms with Crippen LogP contribution in [0.2, 0.25) is 0 Å². The zero-order chi connectivity index (χ0) is 20.1. The van der Waals surface area contributed by atoms with Gasteiger partial charge in [-0.2, -0.15) is 0 Å². The number of hydrogen-bond acceptors (Lipinski definition) is 5. The Morgan fingerprint density at radius 1 is 1.07 bits per heavy atom. The number of benzene rings is 1. The molecule has 1 unspecified atom stereocenters. The van der Waals surface area contributed by atoms with Crippen LogP contribution in [0.3, 0.4) is 0 Å². The highest BCUT2D eigenvalue weighted by atomic mass is 32.2. The van der Waals surface area contributed by atoms with Crippen molar-refractivity contribution in [2.24, 2.45) is 0 Å². The number of likely N-dealkylation sites (tertiary alicyclic amines) is 1. The van der Waals surface area contributed by atoms with Crippen molar-refractivity contribution in [1.29, 1.82) is 0 Å². The third kappa shape index (κ3) is 4.74. The van der Waals surface area contributed by atoms with Gasteiger partial charge in [0.15, 0.2) is 0 Å². The van der Waals surface area contributed by atoms with Gasteiger partial charge in [0.05, 0.1) is 5.03 Å². The molecule has 1 atom stereocenters. The topological polar surface area (TPSA) is 70.6 Å². The van der Waals surface area contributed by atoms with Crippen LogP contribution in [0.25, 0.3) is 0 Å². The molecule has 1 aromatic heterocycles. The zero-order valence-corrected chi connectivity index (χ0v) is 17.7. The molecule has 6 nitrogen and oxygen atoms in total. The second-order valence-corrected chi connectivity index (χ2v) is 10.2. The van der Waals surface area contributed by atoms with Crippen LogP contribution in [0.15, 0.2) is 58.6 Å². The first kappa shape index (κ1) is 20.8. The Hall–Kier alpha value is -1.90. The van der Waals surface area contributed by atoms with E-state index in [4.69, 9.17) is 0 Å². The molecule has 150 valence electrons. The number of aromatic nitrogens is 1. The molecule has 1 aliphatic heterocycles. The van der Waals surface area contributed by atoms with Gasteiger partial charge >= 0.3 is 0 Å². The van der Waals surface area contributed by atoms with E-state index in [0.717, 1.165) is 42.2 Å². The number of nitrogens with zero attached hydrogens (tertiary/aromatic N) is 3. The molecule has 28 heavy (non-hydrogen) atoms. The Kier molecular flexibility index (Phi) is 6.74. The average Bonchev–Trinajstić information content (AvgIpc) is 2.73. The summed E-state index contributed by atoms with van der Waals surface area (Å²) in [6.07, 6.45) is 4.59. The monoisotopic (exact) mass is 419 g/mol.